The van der Waals surface area contributed by atoms with E-state index in [0.29, 0.717) is 25.4 Å². The molecule has 24 heavy (non-hydrogen) atoms. The van der Waals surface area contributed by atoms with Crippen molar-refractivity contribution < 1.29 is 4.79 Å². The van der Waals surface area contributed by atoms with Crippen LogP contribution in [0.25, 0.3) is 10.6 Å². The van der Waals surface area contributed by atoms with Crippen LogP contribution >= 0.6 is 11.3 Å². The minimum absolute atomic E-state index is 0.0902. The Labute approximate surface area is 148 Å². The lowest BCUT2D eigenvalue weighted by Gasteiger charge is -2.26. The van der Waals surface area contributed by atoms with Crippen LogP contribution in [0.3, 0.4) is 0 Å². The molecule has 0 aliphatic carbocycles. The molecule has 2 aromatic heterocycles. The third kappa shape index (κ3) is 5.39. The Balaban J connectivity index is 1.77. The van der Waals surface area contributed by atoms with Crippen molar-refractivity contribution in [2.75, 3.05) is 19.6 Å². The fourth-order valence-electron chi connectivity index (χ4n) is 2.62. The van der Waals surface area contributed by atoms with Crippen LogP contribution in [0.5, 0.6) is 0 Å². The summed E-state index contributed by atoms with van der Waals surface area (Å²) in [6.45, 7) is 9.14. The van der Waals surface area contributed by atoms with E-state index in [9.17, 15) is 4.79 Å². The molecule has 5 nitrogen and oxygen atoms in total. The quantitative estimate of drug-likeness (QED) is 0.758. The number of likely N-dealkylation sites (N-methyl/N-ethyl adjacent to an activating group) is 1. The Morgan fingerprint density at radius 1 is 1.29 bits per heavy atom. The minimum Gasteiger partial charge on any atom is -0.355 e. The number of thiazole rings is 1. The molecule has 0 aliphatic rings. The number of aromatic nitrogens is 2. The van der Waals surface area contributed by atoms with E-state index in [-0.39, 0.29) is 5.91 Å². The summed E-state index contributed by atoms with van der Waals surface area (Å²) >= 11 is 1.61. The first-order chi connectivity index (χ1) is 11.6. The van der Waals surface area contributed by atoms with Crippen LogP contribution in [0.1, 0.15) is 32.9 Å². The van der Waals surface area contributed by atoms with E-state index in [0.717, 1.165) is 29.4 Å². The third-order valence-electron chi connectivity index (χ3n) is 4.12. The maximum absolute atomic E-state index is 12.0. The van der Waals surface area contributed by atoms with Gasteiger partial charge in [-0.3, -0.25) is 14.7 Å². The largest absolute Gasteiger partial charge is 0.355 e. The van der Waals surface area contributed by atoms with Crippen molar-refractivity contribution in [2.45, 2.75) is 39.7 Å². The highest BCUT2D eigenvalue weighted by Crippen LogP contribution is 2.23. The van der Waals surface area contributed by atoms with Gasteiger partial charge in [-0.15, -0.1) is 11.3 Å². The van der Waals surface area contributed by atoms with Gasteiger partial charge < -0.3 is 5.32 Å². The summed E-state index contributed by atoms with van der Waals surface area (Å²) in [5, 5.41) is 6.03. The Bertz CT molecular complexity index is 625. The lowest BCUT2D eigenvalue weighted by Crippen LogP contribution is -2.42. The van der Waals surface area contributed by atoms with Crippen LogP contribution < -0.4 is 5.32 Å². The molecule has 0 bridgehead atoms. The van der Waals surface area contributed by atoms with Gasteiger partial charge in [-0.2, -0.15) is 0 Å². The number of nitrogens with zero attached hydrogens (tertiary/aromatic N) is 3. The number of carbonyl (C=O) groups is 1. The number of aryl methyl sites for hydroxylation is 1. The van der Waals surface area contributed by atoms with Crippen molar-refractivity contribution in [1.29, 1.82) is 0 Å². The molecule has 1 atom stereocenters. The molecular weight excluding hydrogens is 320 g/mol. The summed E-state index contributed by atoms with van der Waals surface area (Å²) in [5.74, 6) is 0.0902. The molecule has 1 N–H and O–H groups in total. The van der Waals surface area contributed by atoms with E-state index in [2.05, 4.69) is 41.0 Å². The van der Waals surface area contributed by atoms with Crippen molar-refractivity contribution >= 4 is 17.2 Å². The minimum atomic E-state index is 0.0902. The van der Waals surface area contributed by atoms with Gasteiger partial charge in [0.2, 0.25) is 5.91 Å². The molecule has 0 saturated carbocycles. The van der Waals surface area contributed by atoms with E-state index in [1.807, 2.05) is 17.5 Å². The number of amides is 1. The van der Waals surface area contributed by atoms with E-state index in [1.165, 1.54) is 0 Å². The van der Waals surface area contributed by atoms with Gasteiger partial charge in [0.25, 0.3) is 0 Å². The van der Waals surface area contributed by atoms with Gasteiger partial charge in [-0.25, -0.2) is 4.98 Å². The van der Waals surface area contributed by atoms with E-state index < -0.39 is 0 Å². The number of pyridine rings is 1. The highest BCUT2D eigenvalue weighted by Gasteiger charge is 2.12. The second-order valence-electron chi connectivity index (χ2n) is 5.75. The molecule has 2 rings (SSSR count). The summed E-state index contributed by atoms with van der Waals surface area (Å²) in [6.07, 6.45) is 4.68. The molecule has 0 aromatic carbocycles. The first-order valence-electron chi connectivity index (χ1n) is 8.49. The maximum atomic E-state index is 12.0. The summed E-state index contributed by atoms with van der Waals surface area (Å²) in [6, 6.07) is 4.26. The first-order valence-corrected chi connectivity index (χ1v) is 9.37. The first kappa shape index (κ1) is 18.5. The van der Waals surface area contributed by atoms with Crippen molar-refractivity contribution in [3.8, 4) is 10.6 Å². The fraction of sp³-hybridized carbons (Fsp3) is 0.500. The Morgan fingerprint density at radius 2 is 2.00 bits per heavy atom. The molecule has 0 fully saturated rings. The van der Waals surface area contributed by atoms with Gasteiger partial charge in [0.1, 0.15) is 5.01 Å². The van der Waals surface area contributed by atoms with Gasteiger partial charge in [0.05, 0.1) is 5.69 Å². The second-order valence-corrected chi connectivity index (χ2v) is 6.61. The average molecular weight is 346 g/mol. The summed E-state index contributed by atoms with van der Waals surface area (Å²) in [4.78, 5) is 23.0. The molecule has 2 aromatic rings. The van der Waals surface area contributed by atoms with Crippen LogP contribution in [-0.2, 0) is 11.2 Å². The molecule has 130 valence electrons. The summed E-state index contributed by atoms with van der Waals surface area (Å²) < 4.78 is 0. The van der Waals surface area contributed by atoms with Crippen molar-refractivity contribution in [1.82, 2.24) is 20.2 Å². The molecule has 2 heterocycles. The zero-order valence-electron chi connectivity index (χ0n) is 14.7. The van der Waals surface area contributed by atoms with Gasteiger partial charge in [0.15, 0.2) is 0 Å². The van der Waals surface area contributed by atoms with E-state index in [4.69, 9.17) is 0 Å². The van der Waals surface area contributed by atoms with Gasteiger partial charge in [-0.1, -0.05) is 13.8 Å². The molecular formula is C18H26N4OS. The van der Waals surface area contributed by atoms with Crippen molar-refractivity contribution in [3.63, 3.8) is 0 Å². The molecule has 0 radical (unpaired) electrons. The second kappa shape index (κ2) is 9.49. The number of rotatable bonds is 9. The van der Waals surface area contributed by atoms with Crippen molar-refractivity contribution in [2.24, 2.45) is 0 Å². The van der Waals surface area contributed by atoms with Gasteiger partial charge in [-0.05, 0) is 38.6 Å². The summed E-state index contributed by atoms with van der Waals surface area (Å²) in [5.41, 5.74) is 2.04. The standard InChI is InChI=1S/C18H26N4OS/c1-4-22(5-2)14(3)12-20-17(23)7-6-16-13-24-18(21-16)15-8-10-19-11-9-15/h8-11,13-14H,4-7,12H2,1-3H3,(H,20,23). The van der Waals surface area contributed by atoms with E-state index >= 15 is 0 Å². The topological polar surface area (TPSA) is 58.1 Å². The molecule has 0 spiro atoms. The number of hydrogen-bond acceptors (Lipinski definition) is 5. The molecule has 6 heteroatoms. The normalized spacial score (nSPS) is 12.3. The van der Waals surface area contributed by atoms with Crippen LogP contribution in [-0.4, -0.2) is 46.5 Å². The average Bonchev–Trinajstić information content (AvgIpc) is 3.09. The van der Waals surface area contributed by atoms with Crippen LogP contribution in [0.4, 0.5) is 0 Å². The smallest absolute Gasteiger partial charge is 0.220 e. The van der Waals surface area contributed by atoms with Crippen LogP contribution in [0.15, 0.2) is 29.9 Å². The van der Waals surface area contributed by atoms with Gasteiger partial charge >= 0.3 is 0 Å². The SMILES string of the molecule is CCN(CC)C(C)CNC(=O)CCc1csc(-c2ccncc2)n1. The molecule has 1 amide bonds. The Hall–Kier alpha value is -1.79. The zero-order valence-corrected chi connectivity index (χ0v) is 15.5. The highest BCUT2D eigenvalue weighted by molar-refractivity contribution is 7.13. The predicted molar refractivity (Wildman–Crippen MR) is 99.1 cm³/mol. The number of nitrogens with one attached hydrogen (secondary N) is 1. The van der Waals surface area contributed by atoms with Crippen molar-refractivity contribution in [3.05, 3.63) is 35.6 Å². The summed E-state index contributed by atoms with van der Waals surface area (Å²) in [7, 11) is 0. The third-order valence-corrected chi connectivity index (χ3v) is 5.06. The van der Waals surface area contributed by atoms with E-state index in [1.54, 1.807) is 23.7 Å². The van der Waals surface area contributed by atoms with Crippen LogP contribution in [0.2, 0.25) is 0 Å². The lowest BCUT2D eigenvalue weighted by atomic mass is 10.2. The fourth-order valence-corrected chi connectivity index (χ4v) is 3.48. The highest BCUT2D eigenvalue weighted by atomic mass is 32.1. The Kier molecular flexibility index (Phi) is 7.34. The van der Waals surface area contributed by atoms with Crippen LogP contribution in [0, 0.1) is 0 Å². The predicted octanol–water partition coefficient (Wildman–Crippen LogP) is 2.98. The molecule has 1 unspecified atom stereocenters. The Morgan fingerprint density at radius 3 is 2.67 bits per heavy atom. The lowest BCUT2D eigenvalue weighted by molar-refractivity contribution is -0.121. The number of carbonyl (C=O) groups excluding carboxylic acids is 1. The zero-order chi connectivity index (χ0) is 17.4. The maximum Gasteiger partial charge on any atom is 0.220 e. The molecule has 0 aliphatic heterocycles. The molecule has 0 saturated heterocycles. The monoisotopic (exact) mass is 346 g/mol. The van der Waals surface area contributed by atoms with Gasteiger partial charge in [0, 0.05) is 42.3 Å². The number of hydrogen-bond donors (Lipinski definition) is 1.